The predicted octanol–water partition coefficient (Wildman–Crippen LogP) is 4.87. The van der Waals surface area contributed by atoms with Crippen molar-refractivity contribution in [2.45, 2.75) is 6.92 Å². The predicted molar refractivity (Wildman–Crippen MR) is 83.8 cm³/mol. The zero-order chi connectivity index (χ0) is 14.1. The molecule has 0 saturated carbocycles. The lowest BCUT2D eigenvalue weighted by Gasteiger charge is -2.07. The van der Waals surface area contributed by atoms with Gasteiger partial charge in [0.2, 0.25) is 0 Å². The molecule has 0 amide bonds. The molecule has 1 aromatic heterocycles. The molecule has 0 aliphatic carbocycles. The second-order valence-corrected chi connectivity index (χ2v) is 5.83. The minimum atomic E-state index is 0.613. The first-order chi connectivity index (χ1) is 9.67. The van der Waals surface area contributed by atoms with Gasteiger partial charge in [-0.15, -0.1) is 0 Å². The molecule has 0 unspecified atom stereocenters. The van der Waals surface area contributed by atoms with E-state index in [2.05, 4.69) is 16.4 Å². The summed E-state index contributed by atoms with van der Waals surface area (Å²) in [6.45, 7) is 1.97. The number of fused-ring (bicyclic) bond motifs is 1. The van der Waals surface area contributed by atoms with E-state index in [1.54, 1.807) is 6.07 Å². The van der Waals surface area contributed by atoms with Gasteiger partial charge < -0.3 is 5.32 Å². The molecule has 3 rings (SSSR count). The van der Waals surface area contributed by atoms with Gasteiger partial charge in [-0.05, 0) is 36.8 Å². The molecule has 0 spiro atoms. The highest BCUT2D eigenvalue weighted by Crippen LogP contribution is 2.32. The summed E-state index contributed by atoms with van der Waals surface area (Å²) in [5.74, 6) is 0. The van der Waals surface area contributed by atoms with Crippen molar-refractivity contribution in [3.8, 4) is 6.07 Å². The Labute approximate surface area is 125 Å². The summed E-state index contributed by atoms with van der Waals surface area (Å²) >= 11 is 7.49. The van der Waals surface area contributed by atoms with Crippen molar-refractivity contribution in [2.75, 3.05) is 5.32 Å². The van der Waals surface area contributed by atoms with Crippen LogP contribution >= 0.6 is 22.9 Å². The van der Waals surface area contributed by atoms with Gasteiger partial charge in [-0.25, -0.2) is 4.98 Å². The van der Waals surface area contributed by atoms with Crippen molar-refractivity contribution < 1.29 is 0 Å². The summed E-state index contributed by atoms with van der Waals surface area (Å²) in [5, 5.41) is 13.9. The van der Waals surface area contributed by atoms with Gasteiger partial charge in [0.25, 0.3) is 0 Å². The van der Waals surface area contributed by atoms with Crippen molar-refractivity contribution >= 4 is 44.0 Å². The van der Waals surface area contributed by atoms with E-state index in [0.29, 0.717) is 10.6 Å². The van der Waals surface area contributed by atoms with E-state index in [-0.39, 0.29) is 0 Å². The van der Waals surface area contributed by atoms with Gasteiger partial charge >= 0.3 is 0 Å². The summed E-state index contributed by atoms with van der Waals surface area (Å²) in [4.78, 5) is 4.50. The Morgan fingerprint density at radius 3 is 2.95 bits per heavy atom. The van der Waals surface area contributed by atoms with E-state index in [1.165, 1.54) is 11.3 Å². The lowest BCUT2D eigenvalue weighted by Crippen LogP contribution is -1.95. The Morgan fingerprint density at radius 2 is 2.15 bits per heavy atom. The molecule has 5 heteroatoms. The van der Waals surface area contributed by atoms with E-state index in [4.69, 9.17) is 11.6 Å². The SMILES string of the molecule is Cc1cccc(C#N)c1Nc1nc2ccc(Cl)cc2s1. The van der Waals surface area contributed by atoms with Gasteiger partial charge in [0.15, 0.2) is 5.13 Å². The number of aromatic nitrogens is 1. The number of halogens is 1. The zero-order valence-corrected chi connectivity index (χ0v) is 12.2. The van der Waals surface area contributed by atoms with Crippen LogP contribution in [0.1, 0.15) is 11.1 Å². The van der Waals surface area contributed by atoms with Gasteiger partial charge in [-0.1, -0.05) is 35.1 Å². The standard InChI is InChI=1S/C15H10ClN3S/c1-9-3-2-4-10(8-17)14(9)19-15-18-12-6-5-11(16)7-13(12)20-15/h2-7H,1H3,(H,18,19). The lowest BCUT2D eigenvalue weighted by atomic mass is 10.1. The Morgan fingerprint density at radius 1 is 1.30 bits per heavy atom. The second kappa shape index (κ2) is 5.12. The van der Waals surface area contributed by atoms with Crippen molar-refractivity contribution in [1.29, 1.82) is 5.26 Å². The van der Waals surface area contributed by atoms with Crippen LogP contribution in [0.2, 0.25) is 5.02 Å². The van der Waals surface area contributed by atoms with Crippen LogP contribution in [0.4, 0.5) is 10.8 Å². The lowest BCUT2D eigenvalue weighted by molar-refractivity contribution is 1.37. The number of thiazole rings is 1. The molecule has 0 fully saturated rings. The van der Waals surface area contributed by atoms with Crippen LogP contribution in [0.3, 0.4) is 0 Å². The second-order valence-electron chi connectivity index (χ2n) is 4.37. The van der Waals surface area contributed by atoms with Crippen LogP contribution < -0.4 is 5.32 Å². The van der Waals surface area contributed by atoms with E-state index in [1.807, 2.05) is 37.3 Å². The summed E-state index contributed by atoms with van der Waals surface area (Å²) in [5.41, 5.74) is 3.33. The normalized spacial score (nSPS) is 10.4. The minimum absolute atomic E-state index is 0.613. The van der Waals surface area contributed by atoms with E-state index in [9.17, 15) is 5.26 Å². The molecule has 0 aliphatic rings. The molecule has 0 radical (unpaired) electrons. The molecule has 0 atom stereocenters. The van der Waals surface area contributed by atoms with Crippen molar-refractivity contribution in [3.05, 3.63) is 52.5 Å². The first-order valence-electron chi connectivity index (χ1n) is 6.00. The molecular weight excluding hydrogens is 290 g/mol. The smallest absolute Gasteiger partial charge is 0.188 e. The molecule has 2 aromatic carbocycles. The fraction of sp³-hybridized carbons (Fsp3) is 0.0667. The number of hydrogen-bond donors (Lipinski definition) is 1. The first-order valence-corrected chi connectivity index (χ1v) is 7.19. The van der Waals surface area contributed by atoms with Crippen LogP contribution in [-0.4, -0.2) is 4.98 Å². The summed E-state index contributed by atoms with van der Waals surface area (Å²) in [6, 6.07) is 13.4. The van der Waals surface area contributed by atoms with Crippen molar-refractivity contribution in [1.82, 2.24) is 4.98 Å². The monoisotopic (exact) mass is 299 g/mol. The number of anilines is 2. The number of nitrogens with one attached hydrogen (secondary N) is 1. The van der Waals surface area contributed by atoms with E-state index >= 15 is 0 Å². The number of para-hydroxylation sites is 1. The third-order valence-electron chi connectivity index (χ3n) is 2.98. The molecule has 0 saturated heterocycles. The largest absolute Gasteiger partial charge is 0.330 e. The average molecular weight is 300 g/mol. The molecule has 1 heterocycles. The van der Waals surface area contributed by atoms with Gasteiger partial charge in [-0.2, -0.15) is 5.26 Å². The van der Waals surface area contributed by atoms with Crippen LogP contribution in [0.15, 0.2) is 36.4 Å². The van der Waals surface area contributed by atoms with Crippen LogP contribution in [0.25, 0.3) is 10.2 Å². The van der Waals surface area contributed by atoms with E-state index in [0.717, 1.165) is 26.6 Å². The highest BCUT2D eigenvalue weighted by molar-refractivity contribution is 7.22. The van der Waals surface area contributed by atoms with Crippen LogP contribution in [-0.2, 0) is 0 Å². The van der Waals surface area contributed by atoms with Crippen LogP contribution in [0.5, 0.6) is 0 Å². The van der Waals surface area contributed by atoms with E-state index < -0.39 is 0 Å². The Kier molecular flexibility index (Phi) is 3.31. The van der Waals surface area contributed by atoms with Crippen molar-refractivity contribution in [3.63, 3.8) is 0 Å². The molecule has 98 valence electrons. The maximum atomic E-state index is 9.17. The fourth-order valence-electron chi connectivity index (χ4n) is 1.99. The number of aryl methyl sites for hydroxylation is 1. The molecule has 0 aliphatic heterocycles. The summed E-state index contributed by atoms with van der Waals surface area (Å²) in [7, 11) is 0. The zero-order valence-electron chi connectivity index (χ0n) is 10.6. The number of rotatable bonds is 2. The average Bonchev–Trinajstić information content (AvgIpc) is 2.82. The Balaban J connectivity index is 2.04. The molecule has 3 nitrogen and oxygen atoms in total. The first kappa shape index (κ1) is 12.9. The third-order valence-corrected chi connectivity index (χ3v) is 4.14. The summed E-state index contributed by atoms with van der Waals surface area (Å²) in [6.07, 6.45) is 0. The minimum Gasteiger partial charge on any atom is -0.330 e. The van der Waals surface area contributed by atoms with Gasteiger partial charge in [0.1, 0.15) is 6.07 Å². The molecular formula is C15H10ClN3S. The van der Waals surface area contributed by atoms with Crippen LogP contribution in [0, 0.1) is 18.3 Å². The molecule has 0 bridgehead atoms. The van der Waals surface area contributed by atoms with Gasteiger partial charge in [0.05, 0.1) is 21.5 Å². The maximum absolute atomic E-state index is 9.17. The maximum Gasteiger partial charge on any atom is 0.188 e. The fourth-order valence-corrected chi connectivity index (χ4v) is 3.13. The number of benzene rings is 2. The summed E-state index contributed by atoms with van der Waals surface area (Å²) < 4.78 is 1.02. The quantitative estimate of drug-likeness (QED) is 0.734. The van der Waals surface area contributed by atoms with Gasteiger partial charge in [-0.3, -0.25) is 0 Å². The van der Waals surface area contributed by atoms with Gasteiger partial charge in [0, 0.05) is 5.02 Å². The van der Waals surface area contributed by atoms with Crippen molar-refractivity contribution in [2.24, 2.45) is 0 Å². The molecule has 1 N–H and O–H groups in total. The highest BCUT2D eigenvalue weighted by Gasteiger charge is 2.09. The Bertz CT molecular complexity index is 833. The topological polar surface area (TPSA) is 48.7 Å². The Hall–Kier alpha value is -2.09. The number of hydrogen-bond acceptors (Lipinski definition) is 4. The number of nitriles is 1. The highest BCUT2D eigenvalue weighted by atomic mass is 35.5. The molecule has 20 heavy (non-hydrogen) atoms. The third kappa shape index (κ3) is 2.34. The number of nitrogens with zero attached hydrogens (tertiary/aromatic N) is 2. The molecule has 3 aromatic rings.